The van der Waals surface area contributed by atoms with Crippen LogP contribution >= 0.6 is 11.8 Å². The first-order valence-corrected chi connectivity index (χ1v) is 8.62. The summed E-state index contributed by atoms with van der Waals surface area (Å²) in [5.41, 5.74) is 0.594. The molecule has 1 fully saturated rings. The Morgan fingerprint density at radius 2 is 2.19 bits per heavy atom. The number of amides is 1. The minimum atomic E-state index is -0.125. The first kappa shape index (κ1) is 16.1. The van der Waals surface area contributed by atoms with Crippen LogP contribution in [0.2, 0.25) is 0 Å². The molecule has 2 N–H and O–H groups in total. The van der Waals surface area contributed by atoms with Crippen molar-refractivity contribution in [3.8, 4) is 0 Å². The van der Waals surface area contributed by atoms with Gasteiger partial charge in [0.15, 0.2) is 5.16 Å². The summed E-state index contributed by atoms with van der Waals surface area (Å²) in [6.45, 7) is 1.80. The van der Waals surface area contributed by atoms with Crippen LogP contribution < -0.4 is 10.9 Å². The number of hydrogen-bond donors (Lipinski definition) is 2. The lowest BCUT2D eigenvalue weighted by molar-refractivity contribution is -0.122. The van der Waals surface area contributed by atoms with Crippen LogP contribution in [0.3, 0.4) is 0 Å². The Hall–Kier alpha value is -1.30. The fourth-order valence-corrected chi connectivity index (χ4v) is 3.43. The Morgan fingerprint density at radius 3 is 2.90 bits per heavy atom. The number of carbonyl (C=O) groups is 1. The van der Waals surface area contributed by atoms with Gasteiger partial charge in [-0.05, 0) is 26.2 Å². The van der Waals surface area contributed by atoms with Gasteiger partial charge in [0.2, 0.25) is 5.91 Å². The van der Waals surface area contributed by atoms with Crippen LogP contribution in [0.5, 0.6) is 0 Å². The van der Waals surface area contributed by atoms with Gasteiger partial charge in [0.25, 0.3) is 5.56 Å². The van der Waals surface area contributed by atoms with Crippen molar-refractivity contribution in [2.45, 2.75) is 63.1 Å². The van der Waals surface area contributed by atoms with E-state index in [2.05, 4.69) is 15.3 Å². The quantitative estimate of drug-likeness (QED) is 0.481. The highest BCUT2D eigenvalue weighted by atomic mass is 32.2. The van der Waals surface area contributed by atoms with Gasteiger partial charge in [-0.15, -0.1) is 0 Å². The molecule has 1 aliphatic carbocycles. The third-order valence-electron chi connectivity index (χ3n) is 3.61. The van der Waals surface area contributed by atoms with E-state index in [1.807, 2.05) is 0 Å². The van der Waals surface area contributed by atoms with Crippen LogP contribution in [0.15, 0.2) is 16.0 Å². The molecule has 0 spiro atoms. The van der Waals surface area contributed by atoms with Crippen LogP contribution in [0.4, 0.5) is 0 Å². The maximum atomic E-state index is 11.8. The normalized spacial score (nSPS) is 15.9. The lowest BCUT2D eigenvalue weighted by Gasteiger charge is -2.22. The molecule has 1 amide bonds. The molecular weight excluding hydrogens is 286 g/mol. The zero-order valence-electron chi connectivity index (χ0n) is 12.5. The summed E-state index contributed by atoms with van der Waals surface area (Å²) in [6.07, 6.45) is 7.33. The van der Waals surface area contributed by atoms with Crippen molar-refractivity contribution in [3.05, 3.63) is 22.1 Å². The molecule has 0 atom stereocenters. The van der Waals surface area contributed by atoms with E-state index in [1.165, 1.54) is 37.1 Å². The molecule has 0 radical (unpaired) electrons. The monoisotopic (exact) mass is 309 g/mol. The second-order valence-corrected chi connectivity index (χ2v) is 6.63. The van der Waals surface area contributed by atoms with E-state index in [-0.39, 0.29) is 11.5 Å². The van der Waals surface area contributed by atoms with Crippen molar-refractivity contribution in [1.82, 2.24) is 15.3 Å². The molecule has 6 heteroatoms. The molecule has 21 heavy (non-hydrogen) atoms. The molecule has 0 bridgehead atoms. The molecule has 0 saturated heterocycles. The lowest BCUT2D eigenvalue weighted by atomic mass is 9.95. The largest absolute Gasteiger partial charge is 0.353 e. The predicted molar refractivity (Wildman–Crippen MR) is 84.6 cm³/mol. The molecule has 1 heterocycles. The van der Waals surface area contributed by atoms with Crippen LogP contribution in [0, 0.1) is 6.92 Å². The maximum absolute atomic E-state index is 11.8. The minimum absolute atomic E-state index is 0.125. The van der Waals surface area contributed by atoms with Gasteiger partial charge in [-0.25, -0.2) is 4.98 Å². The highest BCUT2D eigenvalue weighted by molar-refractivity contribution is 7.99. The van der Waals surface area contributed by atoms with E-state index in [1.54, 1.807) is 6.92 Å². The van der Waals surface area contributed by atoms with Gasteiger partial charge in [0, 0.05) is 30.0 Å². The van der Waals surface area contributed by atoms with E-state index in [4.69, 9.17) is 0 Å². The molecular formula is C15H23N3O2S. The number of thioether (sulfide) groups is 1. The Kier molecular flexibility index (Phi) is 6.29. The summed E-state index contributed by atoms with van der Waals surface area (Å²) in [5, 5.41) is 3.75. The summed E-state index contributed by atoms with van der Waals surface area (Å²) in [4.78, 5) is 30.1. The molecule has 116 valence electrons. The second kappa shape index (κ2) is 8.22. The van der Waals surface area contributed by atoms with Gasteiger partial charge in [0.1, 0.15) is 0 Å². The molecule has 0 aromatic carbocycles. The number of H-pyrrole nitrogens is 1. The number of aromatic nitrogens is 2. The summed E-state index contributed by atoms with van der Waals surface area (Å²) >= 11 is 1.49. The minimum Gasteiger partial charge on any atom is -0.353 e. The second-order valence-electron chi connectivity index (χ2n) is 5.55. The van der Waals surface area contributed by atoms with E-state index in [9.17, 15) is 9.59 Å². The van der Waals surface area contributed by atoms with Crippen molar-refractivity contribution >= 4 is 17.7 Å². The van der Waals surface area contributed by atoms with Crippen LogP contribution in [0.25, 0.3) is 0 Å². The average Bonchev–Trinajstić information content (AvgIpc) is 2.44. The van der Waals surface area contributed by atoms with E-state index >= 15 is 0 Å². The highest BCUT2D eigenvalue weighted by Gasteiger charge is 2.15. The molecule has 0 unspecified atom stereocenters. The number of aromatic amines is 1. The molecule has 1 aliphatic rings. The lowest BCUT2D eigenvalue weighted by Crippen LogP contribution is -2.36. The standard InChI is InChI=1S/C15H23N3O2S/c1-11-10-14(20)18-15(16-11)21-9-5-8-13(19)17-12-6-3-2-4-7-12/h10,12H,2-9H2,1H3,(H,17,19)(H,16,18,20). The van der Waals surface area contributed by atoms with Gasteiger partial charge in [-0.3, -0.25) is 9.59 Å². The summed E-state index contributed by atoms with van der Waals surface area (Å²) in [5.74, 6) is 0.929. The highest BCUT2D eigenvalue weighted by Crippen LogP contribution is 2.18. The molecule has 5 nitrogen and oxygen atoms in total. The van der Waals surface area contributed by atoms with Crippen molar-refractivity contribution in [3.63, 3.8) is 0 Å². The number of nitrogens with zero attached hydrogens (tertiary/aromatic N) is 1. The average molecular weight is 309 g/mol. The SMILES string of the molecule is Cc1cc(=O)[nH]c(SCCCC(=O)NC2CCCCC2)n1. The first-order chi connectivity index (χ1) is 10.1. The topological polar surface area (TPSA) is 74.8 Å². The fourth-order valence-electron chi connectivity index (χ4n) is 2.57. The summed E-state index contributed by atoms with van der Waals surface area (Å²) in [6, 6.07) is 1.86. The third-order valence-corrected chi connectivity index (χ3v) is 4.56. The van der Waals surface area contributed by atoms with Crippen LogP contribution in [0.1, 0.15) is 50.6 Å². The van der Waals surface area contributed by atoms with Crippen molar-refractivity contribution in [1.29, 1.82) is 0 Å². The molecule has 1 aromatic rings. The Morgan fingerprint density at radius 1 is 1.43 bits per heavy atom. The summed E-state index contributed by atoms with van der Waals surface area (Å²) in [7, 11) is 0. The smallest absolute Gasteiger partial charge is 0.251 e. The van der Waals surface area contributed by atoms with E-state index in [0.717, 1.165) is 30.7 Å². The zero-order chi connectivity index (χ0) is 15.1. The third kappa shape index (κ3) is 5.91. The molecule has 0 aliphatic heterocycles. The van der Waals surface area contributed by atoms with Gasteiger partial charge in [-0.2, -0.15) is 0 Å². The van der Waals surface area contributed by atoms with E-state index < -0.39 is 0 Å². The van der Waals surface area contributed by atoms with Gasteiger partial charge in [0.05, 0.1) is 0 Å². The van der Waals surface area contributed by atoms with Gasteiger partial charge >= 0.3 is 0 Å². The van der Waals surface area contributed by atoms with Crippen molar-refractivity contribution in [2.24, 2.45) is 0 Å². The fraction of sp³-hybridized carbons (Fsp3) is 0.667. The molecule has 1 aromatic heterocycles. The van der Waals surface area contributed by atoms with Crippen molar-refractivity contribution in [2.75, 3.05) is 5.75 Å². The molecule has 1 saturated carbocycles. The van der Waals surface area contributed by atoms with Crippen LogP contribution in [-0.2, 0) is 4.79 Å². The van der Waals surface area contributed by atoms with E-state index in [0.29, 0.717) is 17.6 Å². The zero-order valence-corrected chi connectivity index (χ0v) is 13.3. The Labute approximate surface area is 129 Å². The van der Waals surface area contributed by atoms with Crippen LogP contribution in [-0.4, -0.2) is 27.7 Å². The van der Waals surface area contributed by atoms with Gasteiger partial charge < -0.3 is 10.3 Å². The molecule has 2 rings (SSSR count). The summed E-state index contributed by atoms with van der Waals surface area (Å²) < 4.78 is 0. The Balaban J connectivity index is 1.64. The predicted octanol–water partition coefficient (Wildman–Crippen LogP) is 2.40. The number of hydrogen-bond acceptors (Lipinski definition) is 4. The Bertz CT molecular complexity index is 524. The number of aryl methyl sites for hydroxylation is 1. The number of nitrogens with one attached hydrogen (secondary N) is 2. The van der Waals surface area contributed by atoms with Gasteiger partial charge in [-0.1, -0.05) is 31.0 Å². The van der Waals surface area contributed by atoms with Crippen molar-refractivity contribution < 1.29 is 4.79 Å². The number of rotatable bonds is 6. The number of carbonyl (C=O) groups excluding carboxylic acids is 1. The first-order valence-electron chi connectivity index (χ1n) is 7.63. The maximum Gasteiger partial charge on any atom is 0.251 e.